The highest BCUT2D eigenvalue weighted by Crippen LogP contribution is 2.34. The maximum absolute atomic E-state index is 12.7. The Balaban J connectivity index is 1.46. The van der Waals surface area contributed by atoms with Gasteiger partial charge in [-0.05, 0) is 42.8 Å². The molecule has 128 valence electrons. The zero-order chi connectivity index (χ0) is 17.4. The topological polar surface area (TPSA) is 60.9 Å². The lowest BCUT2D eigenvalue weighted by Crippen LogP contribution is -2.66. The van der Waals surface area contributed by atoms with Crippen molar-refractivity contribution >= 4 is 11.8 Å². The largest absolute Gasteiger partial charge is 0.508 e. The lowest BCUT2D eigenvalue weighted by molar-refractivity contribution is -0.0235. The van der Waals surface area contributed by atoms with Gasteiger partial charge in [0, 0.05) is 36.7 Å². The molecular weight excluding hydrogens is 316 g/mol. The van der Waals surface area contributed by atoms with E-state index in [0.29, 0.717) is 30.1 Å². The fourth-order valence-corrected chi connectivity index (χ4v) is 3.75. The third-order valence-corrected chi connectivity index (χ3v) is 5.24. The summed E-state index contributed by atoms with van der Waals surface area (Å²) < 4.78 is 0. The first-order valence-corrected chi connectivity index (χ1v) is 8.58. The zero-order valence-corrected chi connectivity index (χ0v) is 13.8. The third kappa shape index (κ3) is 2.86. The number of hydrogen-bond donors (Lipinski definition) is 1. The van der Waals surface area contributed by atoms with Crippen LogP contribution in [0.3, 0.4) is 0 Å². The first-order chi connectivity index (χ1) is 12.1. The molecule has 0 saturated carbocycles. The molecular formula is C20H20N2O3. The van der Waals surface area contributed by atoms with Crippen LogP contribution in [0.4, 0.5) is 0 Å². The van der Waals surface area contributed by atoms with E-state index in [-0.39, 0.29) is 23.6 Å². The molecule has 0 bridgehead atoms. The predicted octanol–water partition coefficient (Wildman–Crippen LogP) is 2.38. The van der Waals surface area contributed by atoms with Crippen LogP contribution in [0.25, 0.3) is 0 Å². The molecule has 0 aromatic heterocycles. The molecule has 0 spiro atoms. The summed E-state index contributed by atoms with van der Waals surface area (Å²) in [4.78, 5) is 29.0. The van der Waals surface area contributed by atoms with E-state index < -0.39 is 0 Å². The van der Waals surface area contributed by atoms with Crippen molar-refractivity contribution in [1.29, 1.82) is 0 Å². The zero-order valence-electron chi connectivity index (χ0n) is 13.8. The summed E-state index contributed by atoms with van der Waals surface area (Å²) in [6, 6.07) is 15.7. The molecule has 2 aliphatic heterocycles. The first kappa shape index (κ1) is 15.7. The molecule has 2 aliphatic rings. The summed E-state index contributed by atoms with van der Waals surface area (Å²) >= 11 is 0. The maximum atomic E-state index is 12.7. The number of carbonyl (C=O) groups is 2. The van der Waals surface area contributed by atoms with Gasteiger partial charge in [0.1, 0.15) is 5.75 Å². The monoisotopic (exact) mass is 336 g/mol. The maximum Gasteiger partial charge on any atom is 0.254 e. The summed E-state index contributed by atoms with van der Waals surface area (Å²) in [5.41, 5.74) is 1.26. The van der Waals surface area contributed by atoms with Crippen LogP contribution in [0.5, 0.6) is 5.75 Å². The third-order valence-electron chi connectivity index (χ3n) is 5.24. The molecule has 5 heteroatoms. The number of phenols is 1. The summed E-state index contributed by atoms with van der Waals surface area (Å²) in [5.74, 6) is 0.628. The van der Waals surface area contributed by atoms with Gasteiger partial charge in [0.25, 0.3) is 11.8 Å². The van der Waals surface area contributed by atoms with E-state index in [0.717, 1.165) is 13.0 Å². The SMILES string of the molecule is O=C(c1ccc(O)cc1)N1CC[C@@H]2CN(C(=O)c3ccccc3)[C@@H]2C1. The van der Waals surface area contributed by atoms with Crippen molar-refractivity contribution < 1.29 is 14.7 Å². The van der Waals surface area contributed by atoms with Crippen molar-refractivity contribution in [1.82, 2.24) is 9.80 Å². The van der Waals surface area contributed by atoms with Gasteiger partial charge >= 0.3 is 0 Å². The number of benzene rings is 2. The molecule has 0 unspecified atom stereocenters. The normalized spacial score (nSPS) is 22.1. The average Bonchev–Trinajstić information content (AvgIpc) is 2.63. The summed E-state index contributed by atoms with van der Waals surface area (Å²) in [5, 5.41) is 9.37. The Kier molecular flexibility index (Phi) is 3.92. The number of hydrogen-bond acceptors (Lipinski definition) is 3. The lowest BCUT2D eigenvalue weighted by Gasteiger charge is -2.53. The van der Waals surface area contributed by atoms with Crippen molar-refractivity contribution in [3.63, 3.8) is 0 Å². The Morgan fingerprint density at radius 2 is 1.56 bits per heavy atom. The first-order valence-electron chi connectivity index (χ1n) is 8.58. The van der Waals surface area contributed by atoms with Crippen LogP contribution in [0.2, 0.25) is 0 Å². The summed E-state index contributed by atoms with van der Waals surface area (Å²) in [7, 11) is 0. The molecule has 2 heterocycles. The number of phenolic OH excluding ortho intramolecular Hbond substituents is 1. The molecule has 0 radical (unpaired) electrons. The molecule has 4 rings (SSSR count). The number of rotatable bonds is 2. The van der Waals surface area contributed by atoms with Crippen molar-refractivity contribution in [2.24, 2.45) is 5.92 Å². The van der Waals surface area contributed by atoms with Gasteiger partial charge in [-0.15, -0.1) is 0 Å². The highest BCUT2D eigenvalue weighted by molar-refractivity contribution is 5.96. The molecule has 2 aromatic rings. The van der Waals surface area contributed by atoms with Crippen LogP contribution in [-0.2, 0) is 0 Å². The van der Waals surface area contributed by atoms with Gasteiger partial charge in [-0.3, -0.25) is 9.59 Å². The minimum Gasteiger partial charge on any atom is -0.508 e. The Bertz CT molecular complexity index is 788. The molecule has 2 saturated heterocycles. The number of carbonyl (C=O) groups excluding carboxylic acids is 2. The highest BCUT2D eigenvalue weighted by atomic mass is 16.3. The van der Waals surface area contributed by atoms with E-state index in [1.807, 2.05) is 40.1 Å². The second-order valence-electron chi connectivity index (χ2n) is 6.74. The Morgan fingerprint density at radius 3 is 2.28 bits per heavy atom. The van der Waals surface area contributed by atoms with Gasteiger partial charge in [-0.2, -0.15) is 0 Å². The van der Waals surface area contributed by atoms with Crippen molar-refractivity contribution in [2.75, 3.05) is 19.6 Å². The minimum atomic E-state index is -0.0440. The summed E-state index contributed by atoms with van der Waals surface area (Å²) in [6.07, 6.45) is 0.924. The molecule has 2 atom stereocenters. The molecule has 0 aliphatic carbocycles. The quantitative estimate of drug-likeness (QED) is 0.916. The second kappa shape index (κ2) is 6.24. The lowest BCUT2D eigenvalue weighted by atomic mass is 9.81. The van der Waals surface area contributed by atoms with Crippen LogP contribution >= 0.6 is 0 Å². The molecule has 25 heavy (non-hydrogen) atoms. The van der Waals surface area contributed by atoms with Crippen molar-refractivity contribution in [2.45, 2.75) is 12.5 Å². The summed E-state index contributed by atoms with van der Waals surface area (Å²) in [6.45, 7) is 2.07. The second-order valence-corrected chi connectivity index (χ2v) is 6.74. The fourth-order valence-electron chi connectivity index (χ4n) is 3.75. The van der Waals surface area contributed by atoms with Crippen LogP contribution in [0.15, 0.2) is 54.6 Å². The molecule has 1 N–H and O–H groups in total. The fraction of sp³-hybridized carbons (Fsp3) is 0.300. The van der Waals surface area contributed by atoms with E-state index in [1.54, 1.807) is 12.1 Å². The molecule has 5 nitrogen and oxygen atoms in total. The molecule has 2 aromatic carbocycles. The number of aromatic hydroxyl groups is 1. The Morgan fingerprint density at radius 1 is 0.880 bits per heavy atom. The number of amides is 2. The number of fused-ring (bicyclic) bond motifs is 1. The number of likely N-dealkylation sites (tertiary alicyclic amines) is 2. The van der Waals surface area contributed by atoms with Crippen molar-refractivity contribution in [3.05, 3.63) is 65.7 Å². The van der Waals surface area contributed by atoms with Gasteiger partial charge in [-0.1, -0.05) is 18.2 Å². The van der Waals surface area contributed by atoms with Gasteiger partial charge in [0.15, 0.2) is 0 Å². The number of nitrogens with zero attached hydrogens (tertiary/aromatic N) is 2. The smallest absolute Gasteiger partial charge is 0.254 e. The van der Waals surface area contributed by atoms with Gasteiger partial charge < -0.3 is 14.9 Å². The van der Waals surface area contributed by atoms with Crippen LogP contribution in [0.1, 0.15) is 27.1 Å². The molecule has 2 fully saturated rings. The van der Waals surface area contributed by atoms with E-state index in [4.69, 9.17) is 0 Å². The Labute approximate surface area is 146 Å². The average molecular weight is 336 g/mol. The molecule has 2 amide bonds. The standard InChI is InChI=1S/C20H20N2O3/c23-17-8-6-15(7-9-17)19(24)21-11-10-16-12-22(18(16)13-21)20(25)14-4-2-1-3-5-14/h1-9,16,18,23H,10-13H2/t16-,18-/m1/s1. The van der Waals surface area contributed by atoms with Crippen LogP contribution in [0, 0.1) is 5.92 Å². The minimum absolute atomic E-state index is 0.0424. The highest BCUT2D eigenvalue weighted by Gasteiger charge is 2.45. The van der Waals surface area contributed by atoms with Gasteiger partial charge in [-0.25, -0.2) is 0 Å². The van der Waals surface area contributed by atoms with Gasteiger partial charge in [0.2, 0.25) is 0 Å². The number of piperidine rings is 1. The Hall–Kier alpha value is -2.82. The van der Waals surface area contributed by atoms with Crippen LogP contribution < -0.4 is 0 Å². The van der Waals surface area contributed by atoms with E-state index in [9.17, 15) is 14.7 Å². The van der Waals surface area contributed by atoms with E-state index >= 15 is 0 Å². The van der Waals surface area contributed by atoms with Crippen LogP contribution in [-0.4, -0.2) is 52.4 Å². The van der Waals surface area contributed by atoms with E-state index in [1.165, 1.54) is 12.1 Å². The van der Waals surface area contributed by atoms with Gasteiger partial charge in [0.05, 0.1) is 6.04 Å². The predicted molar refractivity (Wildman–Crippen MR) is 93.4 cm³/mol. The van der Waals surface area contributed by atoms with E-state index in [2.05, 4.69) is 0 Å². The van der Waals surface area contributed by atoms with Crippen molar-refractivity contribution in [3.8, 4) is 5.75 Å².